The minimum Gasteiger partial charge on any atom is -0.393 e. The second kappa shape index (κ2) is 11.5. The van der Waals surface area contributed by atoms with Gasteiger partial charge in [-0.25, -0.2) is 13.2 Å². The molecule has 0 saturated carbocycles. The number of sulfone groups is 1. The van der Waals surface area contributed by atoms with Gasteiger partial charge >= 0.3 is 12.2 Å². The highest BCUT2D eigenvalue weighted by Crippen LogP contribution is 2.42. The largest absolute Gasteiger partial charge is 0.416 e. The number of halogens is 3. The Morgan fingerprint density at radius 1 is 1.10 bits per heavy atom. The number of hydrogen-bond acceptors (Lipinski definition) is 7. The summed E-state index contributed by atoms with van der Waals surface area (Å²) in [5, 5.41) is 29.5. The Labute approximate surface area is 240 Å². The predicted molar refractivity (Wildman–Crippen MR) is 143 cm³/mol. The standard InChI is InChI=1S/C28H26F3N5O5S/c1-17-23(15-33)26(22-7-6-18(14-32)12-24(22)42(2,40)41)35(16-25(38)34-10-8-21(37)9-11-34)27(39)36(17)20-5-3-4-19(13-20)28(29,30)31/h3-7,12-13,21,26,37H,8-11,16H2,1-2H3/t26-/m1/s1. The summed E-state index contributed by atoms with van der Waals surface area (Å²) in [6.45, 7) is 1.08. The van der Waals surface area contributed by atoms with Gasteiger partial charge in [0.1, 0.15) is 6.54 Å². The second-order valence-corrected chi connectivity index (χ2v) is 12.0. The molecule has 2 aliphatic heterocycles. The number of amides is 3. The van der Waals surface area contributed by atoms with Gasteiger partial charge < -0.3 is 14.9 Å². The Morgan fingerprint density at radius 3 is 2.33 bits per heavy atom. The number of hydrogen-bond donors (Lipinski definition) is 1. The zero-order valence-corrected chi connectivity index (χ0v) is 23.4. The van der Waals surface area contributed by atoms with Crippen molar-refractivity contribution in [1.82, 2.24) is 9.80 Å². The summed E-state index contributed by atoms with van der Waals surface area (Å²) in [4.78, 5) is 30.4. The van der Waals surface area contributed by atoms with Crippen LogP contribution in [0.1, 0.15) is 42.5 Å². The number of aliphatic hydroxyl groups is 1. The minimum absolute atomic E-state index is 0.000568. The van der Waals surface area contributed by atoms with E-state index in [-0.39, 0.29) is 46.1 Å². The van der Waals surface area contributed by atoms with Crippen LogP contribution < -0.4 is 4.90 Å². The first-order valence-electron chi connectivity index (χ1n) is 12.8. The van der Waals surface area contributed by atoms with Gasteiger partial charge in [0.15, 0.2) is 9.84 Å². The van der Waals surface area contributed by atoms with Gasteiger partial charge in [0.05, 0.1) is 51.6 Å². The van der Waals surface area contributed by atoms with Crippen LogP contribution >= 0.6 is 0 Å². The van der Waals surface area contributed by atoms with Crippen molar-refractivity contribution in [3.05, 3.63) is 70.4 Å². The normalized spacial score (nSPS) is 18.6. The van der Waals surface area contributed by atoms with E-state index in [1.807, 2.05) is 12.1 Å². The summed E-state index contributed by atoms with van der Waals surface area (Å²) < 4.78 is 66.2. The van der Waals surface area contributed by atoms with Crippen LogP contribution in [0.25, 0.3) is 0 Å². The van der Waals surface area contributed by atoms with Gasteiger partial charge in [-0.1, -0.05) is 12.1 Å². The Hall–Kier alpha value is -4.40. The highest BCUT2D eigenvalue weighted by Gasteiger charge is 2.43. The molecule has 2 aromatic rings. The van der Waals surface area contributed by atoms with E-state index in [1.165, 1.54) is 30.0 Å². The van der Waals surface area contributed by atoms with Crippen LogP contribution in [-0.2, 0) is 20.8 Å². The van der Waals surface area contributed by atoms with Crippen molar-refractivity contribution in [3.63, 3.8) is 0 Å². The average Bonchev–Trinajstić information content (AvgIpc) is 2.93. The molecule has 0 spiro atoms. The molecule has 1 N–H and O–H groups in total. The molecular formula is C28H26F3N5O5S. The third-order valence-corrected chi connectivity index (χ3v) is 8.41. The number of anilines is 1. The van der Waals surface area contributed by atoms with Crippen LogP contribution in [0.2, 0.25) is 0 Å². The minimum atomic E-state index is -4.73. The Morgan fingerprint density at radius 2 is 1.76 bits per heavy atom. The lowest BCUT2D eigenvalue weighted by Crippen LogP contribution is -2.54. The molecule has 1 saturated heterocycles. The number of urea groups is 1. The molecule has 2 heterocycles. The van der Waals surface area contributed by atoms with E-state index in [9.17, 15) is 46.8 Å². The molecule has 10 nitrogen and oxygen atoms in total. The van der Waals surface area contributed by atoms with Gasteiger partial charge in [-0.05, 0) is 55.7 Å². The molecule has 0 aliphatic carbocycles. The number of benzene rings is 2. The van der Waals surface area contributed by atoms with Crippen molar-refractivity contribution in [3.8, 4) is 12.1 Å². The fourth-order valence-electron chi connectivity index (χ4n) is 5.12. The SMILES string of the molecule is CC1=C(C#N)[C@@H](c2ccc(C#N)cc2S(C)(=O)=O)N(CC(=O)N2CCC(O)CC2)C(=O)N1c1cccc(C(F)(F)F)c1. The zero-order valence-electron chi connectivity index (χ0n) is 22.6. The maximum atomic E-state index is 14.1. The number of likely N-dealkylation sites (tertiary alicyclic amines) is 1. The first-order valence-corrected chi connectivity index (χ1v) is 14.6. The summed E-state index contributed by atoms with van der Waals surface area (Å²) in [5.41, 5.74) is -1.53. The number of nitrogens with zero attached hydrogens (tertiary/aromatic N) is 5. The number of nitriles is 2. The number of rotatable bonds is 5. The number of carbonyl (C=O) groups is 2. The van der Waals surface area contributed by atoms with Crippen molar-refractivity contribution < 1.29 is 36.3 Å². The van der Waals surface area contributed by atoms with Gasteiger partial charge in [-0.3, -0.25) is 9.69 Å². The molecule has 2 aromatic carbocycles. The van der Waals surface area contributed by atoms with Crippen LogP contribution in [-0.4, -0.2) is 67.3 Å². The van der Waals surface area contributed by atoms with Gasteiger partial charge in [0.25, 0.3) is 0 Å². The van der Waals surface area contributed by atoms with E-state index >= 15 is 0 Å². The molecule has 4 rings (SSSR count). The third kappa shape index (κ3) is 5.95. The van der Waals surface area contributed by atoms with E-state index in [2.05, 4.69) is 0 Å². The smallest absolute Gasteiger partial charge is 0.393 e. The molecule has 3 amide bonds. The topological polar surface area (TPSA) is 146 Å². The van der Waals surface area contributed by atoms with Gasteiger partial charge in [0.2, 0.25) is 5.91 Å². The van der Waals surface area contributed by atoms with E-state index in [0.29, 0.717) is 12.8 Å². The van der Waals surface area contributed by atoms with E-state index in [0.717, 1.165) is 40.3 Å². The second-order valence-electron chi connectivity index (χ2n) is 10.1. The lowest BCUT2D eigenvalue weighted by Gasteiger charge is -2.43. The molecule has 1 atom stereocenters. The Balaban J connectivity index is 1.93. The fourth-order valence-corrected chi connectivity index (χ4v) is 6.07. The monoisotopic (exact) mass is 601 g/mol. The molecule has 0 radical (unpaired) electrons. The fraction of sp³-hybridized carbons (Fsp3) is 0.357. The summed E-state index contributed by atoms with van der Waals surface area (Å²) in [6.07, 6.45) is -3.83. The van der Waals surface area contributed by atoms with Crippen LogP contribution in [0.4, 0.5) is 23.7 Å². The first-order chi connectivity index (χ1) is 19.7. The highest BCUT2D eigenvalue weighted by atomic mass is 32.2. The molecule has 42 heavy (non-hydrogen) atoms. The number of carbonyl (C=O) groups excluding carboxylic acids is 2. The van der Waals surface area contributed by atoms with Crippen molar-refractivity contribution in [2.24, 2.45) is 0 Å². The molecule has 220 valence electrons. The molecule has 0 unspecified atom stereocenters. The summed E-state index contributed by atoms with van der Waals surface area (Å²) in [6, 6.07) is 9.06. The van der Waals surface area contributed by atoms with Crippen LogP contribution in [0, 0.1) is 22.7 Å². The maximum absolute atomic E-state index is 14.1. The molecule has 14 heteroatoms. The van der Waals surface area contributed by atoms with Crippen molar-refractivity contribution in [2.45, 2.75) is 43.0 Å². The van der Waals surface area contributed by atoms with Gasteiger partial charge in [-0.2, -0.15) is 23.7 Å². The maximum Gasteiger partial charge on any atom is 0.416 e. The number of piperidine rings is 1. The molecule has 0 bridgehead atoms. The zero-order chi connectivity index (χ0) is 31.0. The Kier molecular flexibility index (Phi) is 8.34. The average molecular weight is 602 g/mol. The first kappa shape index (κ1) is 30.6. The van der Waals surface area contributed by atoms with E-state index in [1.54, 1.807) is 0 Å². The highest BCUT2D eigenvalue weighted by molar-refractivity contribution is 7.90. The molecule has 0 aromatic heterocycles. The predicted octanol–water partition coefficient (Wildman–Crippen LogP) is 3.74. The summed E-state index contributed by atoms with van der Waals surface area (Å²) >= 11 is 0. The third-order valence-electron chi connectivity index (χ3n) is 7.26. The van der Waals surface area contributed by atoms with Gasteiger partial charge in [-0.15, -0.1) is 0 Å². The summed E-state index contributed by atoms with van der Waals surface area (Å²) in [7, 11) is -4.03. The quantitative estimate of drug-likeness (QED) is 0.549. The van der Waals surface area contributed by atoms with Crippen LogP contribution in [0.5, 0.6) is 0 Å². The number of alkyl halides is 3. The van der Waals surface area contributed by atoms with Crippen LogP contribution in [0.3, 0.4) is 0 Å². The number of aliphatic hydroxyl groups excluding tert-OH is 1. The summed E-state index contributed by atoms with van der Waals surface area (Å²) in [5.74, 6) is -0.560. The lowest BCUT2D eigenvalue weighted by molar-refractivity contribution is -0.137. The lowest BCUT2D eigenvalue weighted by atomic mass is 9.92. The van der Waals surface area contributed by atoms with Crippen molar-refractivity contribution in [2.75, 3.05) is 30.8 Å². The van der Waals surface area contributed by atoms with Crippen molar-refractivity contribution >= 4 is 27.5 Å². The molecular weight excluding hydrogens is 575 g/mol. The van der Waals surface area contributed by atoms with Crippen molar-refractivity contribution in [1.29, 1.82) is 10.5 Å². The van der Waals surface area contributed by atoms with E-state index < -0.39 is 52.2 Å². The molecule has 1 fully saturated rings. The van der Waals surface area contributed by atoms with Gasteiger partial charge in [0, 0.05) is 25.0 Å². The Bertz CT molecular complexity index is 1650. The van der Waals surface area contributed by atoms with E-state index in [4.69, 9.17) is 0 Å². The van der Waals surface area contributed by atoms with Crippen LogP contribution in [0.15, 0.2) is 58.6 Å². The number of allylic oxidation sites excluding steroid dienone is 1. The molecule has 2 aliphatic rings.